The van der Waals surface area contributed by atoms with E-state index < -0.39 is 17.6 Å². The molecule has 2 bridgehead atoms. The largest absolute Gasteiger partial charge is 0.419 e. The quantitative estimate of drug-likeness (QED) is 0.752. The Labute approximate surface area is 184 Å². The monoisotopic (exact) mass is 447 g/mol. The van der Waals surface area contributed by atoms with Crippen molar-refractivity contribution in [3.8, 4) is 11.3 Å². The average Bonchev–Trinajstić information content (AvgIpc) is 3.05. The number of nitrogen functional groups attached to an aromatic ring is 1. The molecule has 4 aliphatic rings. The highest BCUT2D eigenvalue weighted by atomic mass is 19.4. The number of hydrogen-bond donors (Lipinski definition) is 1. The van der Waals surface area contributed by atoms with Crippen molar-refractivity contribution >= 4 is 5.82 Å². The van der Waals surface area contributed by atoms with Gasteiger partial charge in [0.15, 0.2) is 0 Å². The van der Waals surface area contributed by atoms with E-state index in [1.807, 2.05) is 6.07 Å². The maximum Gasteiger partial charge on any atom is 0.419 e. The van der Waals surface area contributed by atoms with Crippen molar-refractivity contribution in [2.24, 2.45) is 11.3 Å². The summed E-state index contributed by atoms with van der Waals surface area (Å²) >= 11 is 0. The standard InChI is InChI=1S/C23H28F3N5O/c1-22(2-3-22)12-31-20(17-6-15-4-14(17)9-30(15)16-10-32-11-16)7-19(29-31)13-5-18(23(24,25)26)21(27)28-8-13/h5,7-8,14-17H,2-4,6,9-12H2,1H3,(H2,27,28)/t14-,15?,17+/m1/s1. The van der Waals surface area contributed by atoms with E-state index >= 15 is 0 Å². The predicted octanol–water partition coefficient (Wildman–Crippen LogP) is 3.92. The van der Waals surface area contributed by atoms with Crippen LogP contribution in [0.25, 0.3) is 11.3 Å². The minimum Gasteiger partial charge on any atom is -0.383 e. The van der Waals surface area contributed by atoms with Crippen molar-refractivity contribution in [1.29, 1.82) is 0 Å². The van der Waals surface area contributed by atoms with Crippen molar-refractivity contribution in [3.63, 3.8) is 0 Å². The summed E-state index contributed by atoms with van der Waals surface area (Å²) in [6, 6.07) is 4.20. The van der Waals surface area contributed by atoms with Gasteiger partial charge in [-0.05, 0) is 49.1 Å². The number of pyridine rings is 1. The molecule has 2 saturated carbocycles. The van der Waals surface area contributed by atoms with Gasteiger partial charge in [-0.3, -0.25) is 9.58 Å². The highest BCUT2D eigenvalue weighted by molar-refractivity contribution is 5.63. The van der Waals surface area contributed by atoms with Gasteiger partial charge in [0.25, 0.3) is 0 Å². The lowest BCUT2D eigenvalue weighted by Crippen LogP contribution is -2.52. The number of fused-ring (bicyclic) bond motifs is 2. The van der Waals surface area contributed by atoms with Gasteiger partial charge in [-0.2, -0.15) is 18.3 Å². The highest BCUT2D eigenvalue weighted by Gasteiger charge is 2.50. The highest BCUT2D eigenvalue weighted by Crippen LogP contribution is 2.51. The van der Waals surface area contributed by atoms with Crippen molar-refractivity contribution in [2.45, 2.75) is 63.3 Å². The molecule has 2 aliphatic carbocycles. The van der Waals surface area contributed by atoms with Crippen molar-refractivity contribution in [3.05, 3.63) is 29.6 Å². The third-order valence-corrected chi connectivity index (χ3v) is 8.02. The molecule has 2 saturated heterocycles. The van der Waals surface area contributed by atoms with Crippen LogP contribution < -0.4 is 5.73 Å². The summed E-state index contributed by atoms with van der Waals surface area (Å²) in [4.78, 5) is 6.42. The Balaban J connectivity index is 1.33. The third-order valence-electron chi connectivity index (χ3n) is 8.02. The summed E-state index contributed by atoms with van der Waals surface area (Å²) in [5.74, 6) is 0.454. The fraction of sp³-hybridized carbons (Fsp3) is 0.652. The molecule has 2 aromatic rings. The Hall–Kier alpha value is -2.13. The molecule has 2 aromatic heterocycles. The van der Waals surface area contributed by atoms with Gasteiger partial charge in [-0.25, -0.2) is 4.98 Å². The summed E-state index contributed by atoms with van der Waals surface area (Å²) in [7, 11) is 0. The maximum atomic E-state index is 13.4. The number of likely N-dealkylation sites (tertiary alicyclic amines) is 1. The zero-order valence-electron chi connectivity index (χ0n) is 18.1. The number of nitrogens with zero attached hydrogens (tertiary/aromatic N) is 4. The summed E-state index contributed by atoms with van der Waals surface area (Å²) in [6.07, 6.45) is 1.45. The molecule has 0 spiro atoms. The Morgan fingerprint density at radius 3 is 2.56 bits per heavy atom. The van der Waals surface area contributed by atoms with E-state index in [2.05, 4.69) is 21.5 Å². The van der Waals surface area contributed by atoms with E-state index in [0.717, 1.165) is 57.3 Å². The fourth-order valence-corrected chi connectivity index (χ4v) is 5.79. The second-order valence-corrected chi connectivity index (χ2v) is 10.5. The van der Waals surface area contributed by atoms with E-state index in [0.29, 0.717) is 35.2 Å². The van der Waals surface area contributed by atoms with Crippen molar-refractivity contribution < 1.29 is 17.9 Å². The van der Waals surface area contributed by atoms with Crippen LogP contribution in [0.1, 0.15) is 49.8 Å². The number of halogens is 3. The number of rotatable bonds is 5. The van der Waals surface area contributed by atoms with Gasteiger partial charge in [-0.15, -0.1) is 0 Å². The van der Waals surface area contributed by atoms with Gasteiger partial charge >= 0.3 is 6.18 Å². The normalized spacial score (nSPS) is 29.4. The van der Waals surface area contributed by atoms with E-state index in [1.54, 1.807) is 0 Å². The van der Waals surface area contributed by atoms with Gasteiger partial charge < -0.3 is 10.5 Å². The summed E-state index contributed by atoms with van der Waals surface area (Å²) in [6.45, 7) is 5.80. The molecular weight excluding hydrogens is 419 g/mol. The van der Waals surface area contributed by atoms with E-state index in [4.69, 9.17) is 15.6 Å². The van der Waals surface area contributed by atoms with E-state index in [-0.39, 0.29) is 5.41 Å². The summed E-state index contributed by atoms with van der Waals surface area (Å²) in [5, 5.41) is 4.80. The number of nitrogens with two attached hydrogens (primary N) is 1. The minimum atomic E-state index is -4.54. The van der Waals surface area contributed by atoms with Crippen molar-refractivity contribution in [2.75, 3.05) is 25.5 Å². The molecule has 172 valence electrons. The lowest BCUT2D eigenvalue weighted by atomic mass is 9.90. The second-order valence-electron chi connectivity index (χ2n) is 10.5. The lowest BCUT2D eigenvalue weighted by molar-refractivity contribution is -0.137. The molecule has 32 heavy (non-hydrogen) atoms. The van der Waals surface area contributed by atoms with Crippen LogP contribution in [0.4, 0.5) is 19.0 Å². The SMILES string of the molecule is CC1(Cn2nc(-c3cnc(N)c(C(F)(F)F)c3)cc2[C@H]2CC3C[C@@H]2CN3C2COC2)CC1. The molecule has 6 rings (SSSR count). The molecule has 9 heteroatoms. The minimum absolute atomic E-state index is 0.238. The molecular formula is C23H28F3N5O. The van der Waals surface area contributed by atoms with E-state index in [9.17, 15) is 13.2 Å². The number of piperidine rings is 1. The molecule has 4 fully saturated rings. The Morgan fingerprint density at radius 2 is 1.97 bits per heavy atom. The van der Waals surface area contributed by atoms with Gasteiger partial charge in [0.1, 0.15) is 5.82 Å². The number of alkyl halides is 3. The molecule has 3 atom stereocenters. The first kappa shape index (κ1) is 20.5. The van der Waals surface area contributed by atoms with Crippen LogP contribution in [0.5, 0.6) is 0 Å². The Bertz CT molecular complexity index is 1040. The van der Waals surface area contributed by atoms with Crippen LogP contribution in [-0.2, 0) is 17.5 Å². The van der Waals surface area contributed by atoms with Gasteiger partial charge in [0.2, 0.25) is 0 Å². The molecule has 0 aromatic carbocycles. The Morgan fingerprint density at radius 1 is 1.19 bits per heavy atom. The van der Waals surface area contributed by atoms with Gasteiger partial charge in [0.05, 0.1) is 30.5 Å². The number of ether oxygens (including phenoxy) is 1. The first-order valence-corrected chi connectivity index (χ1v) is 11.4. The van der Waals surface area contributed by atoms with Crippen LogP contribution in [0, 0.1) is 11.3 Å². The molecule has 0 amide bonds. The summed E-state index contributed by atoms with van der Waals surface area (Å²) < 4.78 is 47.6. The van der Waals surface area contributed by atoms with Crippen LogP contribution in [-0.4, -0.2) is 51.5 Å². The summed E-state index contributed by atoms with van der Waals surface area (Å²) in [5.41, 5.74) is 6.92. The topological polar surface area (TPSA) is 69.2 Å². The molecule has 6 nitrogen and oxygen atoms in total. The lowest BCUT2D eigenvalue weighted by Gasteiger charge is -2.41. The maximum absolute atomic E-state index is 13.4. The fourth-order valence-electron chi connectivity index (χ4n) is 5.79. The molecule has 0 radical (unpaired) electrons. The smallest absolute Gasteiger partial charge is 0.383 e. The predicted molar refractivity (Wildman–Crippen MR) is 113 cm³/mol. The van der Waals surface area contributed by atoms with Gasteiger partial charge in [0, 0.05) is 42.5 Å². The molecule has 4 heterocycles. The molecule has 2 N–H and O–H groups in total. The van der Waals surface area contributed by atoms with Crippen molar-refractivity contribution in [1.82, 2.24) is 19.7 Å². The van der Waals surface area contributed by atoms with Crippen LogP contribution >= 0.6 is 0 Å². The number of aromatic nitrogens is 3. The average molecular weight is 448 g/mol. The van der Waals surface area contributed by atoms with Crippen LogP contribution in [0.2, 0.25) is 0 Å². The van der Waals surface area contributed by atoms with Crippen LogP contribution in [0.15, 0.2) is 18.3 Å². The molecule has 2 aliphatic heterocycles. The first-order valence-electron chi connectivity index (χ1n) is 11.4. The van der Waals surface area contributed by atoms with Crippen LogP contribution in [0.3, 0.4) is 0 Å². The Kier molecular flexibility index (Phi) is 4.44. The second kappa shape index (κ2) is 6.93. The van der Waals surface area contributed by atoms with Gasteiger partial charge in [-0.1, -0.05) is 6.92 Å². The number of hydrogen-bond acceptors (Lipinski definition) is 5. The zero-order valence-corrected chi connectivity index (χ0v) is 18.1. The zero-order chi connectivity index (χ0) is 22.3. The molecule has 1 unspecified atom stereocenters. The number of anilines is 1. The third kappa shape index (κ3) is 3.41. The van der Waals surface area contributed by atoms with E-state index in [1.165, 1.54) is 12.6 Å². The first-order chi connectivity index (χ1) is 15.2.